The molecule has 6 rings (SSSR count). The molecule has 3 heterocycles. The van der Waals surface area contributed by atoms with Crippen LogP contribution in [0.2, 0.25) is 0 Å². The zero-order chi connectivity index (χ0) is 23.5. The number of H-pyrrole nitrogens is 1. The quantitative estimate of drug-likeness (QED) is 0.401. The molecule has 6 heteroatoms. The smallest absolute Gasteiger partial charge is 0.283 e. The topological polar surface area (TPSA) is 81.9 Å². The Labute approximate surface area is 198 Å². The third-order valence-corrected chi connectivity index (χ3v) is 6.33. The Kier molecular flexibility index (Phi) is 4.43. The van der Waals surface area contributed by atoms with Crippen molar-refractivity contribution in [1.82, 2.24) is 4.98 Å². The second-order valence-electron chi connectivity index (χ2n) is 10.2. The minimum absolute atomic E-state index is 0.0468. The van der Waals surface area contributed by atoms with E-state index in [0.29, 0.717) is 13.2 Å². The molecule has 2 aliphatic heterocycles. The van der Waals surface area contributed by atoms with E-state index in [-0.39, 0.29) is 11.4 Å². The highest BCUT2D eigenvalue weighted by Gasteiger charge is 2.47. The fourth-order valence-electron chi connectivity index (χ4n) is 4.64. The van der Waals surface area contributed by atoms with Crippen LogP contribution in [0.1, 0.15) is 31.9 Å². The maximum absolute atomic E-state index is 6.32. The van der Waals surface area contributed by atoms with Crippen LogP contribution < -0.4 is 15.2 Å². The Bertz CT molecular complexity index is 1450. The van der Waals surface area contributed by atoms with Crippen molar-refractivity contribution in [3.63, 3.8) is 0 Å². The van der Waals surface area contributed by atoms with Gasteiger partial charge in [-0.05, 0) is 70.5 Å². The molecule has 3 aromatic carbocycles. The van der Waals surface area contributed by atoms with E-state index in [1.807, 2.05) is 30.5 Å². The van der Waals surface area contributed by atoms with Crippen molar-refractivity contribution in [2.75, 3.05) is 13.2 Å². The Hall–Kier alpha value is -3.93. The molecule has 0 saturated heterocycles. The highest BCUT2D eigenvalue weighted by Crippen LogP contribution is 2.52. The number of aromatic nitrogens is 1. The third kappa shape index (κ3) is 3.37. The average Bonchev–Trinajstić information content (AvgIpc) is 3.44. The summed E-state index contributed by atoms with van der Waals surface area (Å²) in [4.78, 5) is 8.07. The molecule has 0 aliphatic carbocycles. The van der Waals surface area contributed by atoms with Crippen molar-refractivity contribution < 1.29 is 14.2 Å². The van der Waals surface area contributed by atoms with Crippen LogP contribution in [0, 0.1) is 5.41 Å². The molecule has 1 spiro atoms. The van der Waals surface area contributed by atoms with Crippen molar-refractivity contribution in [2.45, 2.75) is 26.3 Å². The number of nitrogens with zero attached hydrogens (tertiary/aromatic N) is 1. The number of hydrogen-bond donors (Lipinski definition) is 2. The van der Waals surface area contributed by atoms with E-state index in [0.717, 1.165) is 45.0 Å². The summed E-state index contributed by atoms with van der Waals surface area (Å²) >= 11 is 0. The van der Waals surface area contributed by atoms with Crippen LogP contribution in [-0.4, -0.2) is 24.2 Å². The molecule has 1 aromatic heterocycles. The van der Waals surface area contributed by atoms with Gasteiger partial charge in [-0.1, -0.05) is 32.9 Å². The normalized spacial score (nSPS) is 18.7. The van der Waals surface area contributed by atoms with Gasteiger partial charge >= 0.3 is 0 Å². The van der Waals surface area contributed by atoms with Crippen LogP contribution in [-0.2, 0) is 10.3 Å². The summed E-state index contributed by atoms with van der Waals surface area (Å²) in [6.45, 7) is 7.35. The summed E-state index contributed by atoms with van der Waals surface area (Å²) in [7, 11) is 0. The molecule has 0 unspecified atom stereocenters. The zero-order valence-electron chi connectivity index (χ0n) is 19.5. The lowest BCUT2D eigenvalue weighted by atomic mass is 9.80. The molecule has 0 bridgehead atoms. The molecule has 0 radical (unpaired) electrons. The van der Waals surface area contributed by atoms with Gasteiger partial charge in [0.1, 0.15) is 23.9 Å². The number of hydrogen-bond acceptors (Lipinski definition) is 5. The fraction of sp³-hybridized carbons (Fsp3) is 0.250. The first-order valence-electron chi connectivity index (χ1n) is 11.5. The number of amidine groups is 1. The summed E-state index contributed by atoms with van der Waals surface area (Å²) in [5.41, 5.74) is 10.5. The molecule has 2 aliphatic rings. The number of fused-ring (bicyclic) bond motifs is 5. The van der Waals surface area contributed by atoms with Crippen molar-refractivity contribution in [3.05, 3.63) is 78.0 Å². The van der Waals surface area contributed by atoms with Crippen molar-refractivity contribution >= 4 is 16.9 Å². The minimum atomic E-state index is -0.789. The molecule has 172 valence electrons. The van der Waals surface area contributed by atoms with E-state index in [1.165, 1.54) is 5.39 Å². The summed E-state index contributed by atoms with van der Waals surface area (Å²) in [6.07, 6.45) is 1.95. The summed E-state index contributed by atoms with van der Waals surface area (Å²) < 4.78 is 18.2. The van der Waals surface area contributed by atoms with Gasteiger partial charge in [0.15, 0.2) is 5.54 Å². The van der Waals surface area contributed by atoms with E-state index in [1.54, 1.807) is 0 Å². The van der Waals surface area contributed by atoms with Gasteiger partial charge in [-0.15, -0.1) is 0 Å². The first-order valence-corrected chi connectivity index (χ1v) is 11.5. The molecule has 6 nitrogen and oxygen atoms in total. The molecular weight excluding hydrogens is 426 g/mol. The van der Waals surface area contributed by atoms with E-state index < -0.39 is 5.54 Å². The number of aliphatic imine (C=N–C) groups is 1. The molecule has 0 amide bonds. The van der Waals surface area contributed by atoms with Crippen LogP contribution in [0.5, 0.6) is 17.2 Å². The molecule has 4 aromatic rings. The predicted octanol–water partition coefficient (Wildman–Crippen LogP) is 5.95. The fourth-order valence-corrected chi connectivity index (χ4v) is 4.64. The first-order chi connectivity index (χ1) is 16.3. The van der Waals surface area contributed by atoms with Gasteiger partial charge in [-0.3, -0.25) is 0 Å². The number of nitrogens with two attached hydrogens (primary N) is 1. The van der Waals surface area contributed by atoms with Gasteiger partial charge in [0.2, 0.25) is 0 Å². The van der Waals surface area contributed by atoms with Crippen LogP contribution >= 0.6 is 0 Å². The van der Waals surface area contributed by atoms with Gasteiger partial charge < -0.3 is 24.9 Å². The van der Waals surface area contributed by atoms with E-state index >= 15 is 0 Å². The molecular formula is C28H27N3O3. The largest absolute Gasteiger partial charge is 0.493 e. The summed E-state index contributed by atoms with van der Waals surface area (Å²) in [6, 6.07) is 20.8. The Morgan fingerprint density at radius 3 is 2.47 bits per heavy atom. The molecule has 0 fully saturated rings. The lowest BCUT2D eigenvalue weighted by Crippen LogP contribution is -2.31. The number of benzene rings is 3. The maximum atomic E-state index is 6.32. The third-order valence-electron chi connectivity index (χ3n) is 6.33. The van der Waals surface area contributed by atoms with Crippen LogP contribution in [0.25, 0.3) is 22.0 Å². The molecule has 3 N–H and O–H groups in total. The van der Waals surface area contributed by atoms with E-state index in [9.17, 15) is 0 Å². The SMILES string of the molecule is CC(C)(C)COc1ccc2c(c1)[C@]1(COC(N)=N1)c1cc(-c3ccc4[nH]ccc4c3)ccc1O2. The van der Waals surface area contributed by atoms with Crippen LogP contribution in [0.3, 0.4) is 0 Å². The van der Waals surface area contributed by atoms with Crippen LogP contribution in [0.4, 0.5) is 0 Å². The van der Waals surface area contributed by atoms with Gasteiger partial charge in [0.05, 0.1) is 6.61 Å². The van der Waals surface area contributed by atoms with Gasteiger partial charge in [-0.25, -0.2) is 4.99 Å². The monoisotopic (exact) mass is 453 g/mol. The van der Waals surface area contributed by atoms with Crippen LogP contribution in [0.15, 0.2) is 71.9 Å². The minimum Gasteiger partial charge on any atom is -0.493 e. The van der Waals surface area contributed by atoms with Crippen molar-refractivity contribution in [3.8, 4) is 28.4 Å². The Morgan fingerprint density at radius 1 is 0.971 bits per heavy atom. The highest BCUT2D eigenvalue weighted by atomic mass is 16.5. The Balaban J connectivity index is 1.47. The summed E-state index contributed by atoms with van der Waals surface area (Å²) in [5.74, 6) is 2.26. The van der Waals surface area contributed by atoms with Crippen molar-refractivity contribution in [1.29, 1.82) is 0 Å². The number of ether oxygens (including phenoxy) is 3. The van der Waals surface area contributed by atoms with Crippen molar-refractivity contribution in [2.24, 2.45) is 16.1 Å². The zero-order valence-corrected chi connectivity index (χ0v) is 19.5. The molecule has 1 atom stereocenters. The Morgan fingerprint density at radius 2 is 1.71 bits per heavy atom. The number of aromatic amines is 1. The summed E-state index contributed by atoms with van der Waals surface area (Å²) in [5, 5.41) is 1.17. The second kappa shape index (κ2) is 7.29. The number of nitrogens with one attached hydrogen (secondary N) is 1. The highest BCUT2D eigenvalue weighted by molar-refractivity contribution is 5.85. The standard InChI is InChI=1S/C28H27N3O3/c1-27(2,3)15-32-20-6-9-25-22(14-20)28(16-33-26(29)31-28)21-13-18(5-8-24(21)34-25)17-4-7-23-19(12-17)10-11-30-23/h4-14,30H,15-16H2,1-3H3,(H2,29,31)/t28-/m0/s1. The molecule has 0 saturated carbocycles. The van der Waals surface area contributed by atoms with Gasteiger partial charge in [-0.2, -0.15) is 0 Å². The molecule has 34 heavy (non-hydrogen) atoms. The maximum Gasteiger partial charge on any atom is 0.283 e. The lowest BCUT2D eigenvalue weighted by molar-refractivity contribution is 0.197. The van der Waals surface area contributed by atoms with E-state index in [2.05, 4.69) is 62.2 Å². The lowest BCUT2D eigenvalue weighted by Gasteiger charge is -2.34. The van der Waals surface area contributed by atoms with Gasteiger partial charge in [0.25, 0.3) is 6.02 Å². The second-order valence-corrected chi connectivity index (χ2v) is 10.2. The number of rotatable bonds is 3. The average molecular weight is 454 g/mol. The van der Waals surface area contributed by atoms with Gasteiger partial charge in [0, 0.05) is 22.8 Å². The first kappa shape index (κ1) is 20.7. The van der Waals surface area contributed by atoms with E-state index in [4.69, 9.17) is 24.9 Å². The predicted molar refractivity (Wildman–Crippen MR) is 134 cm³/mol.